The number of carbonyl (C=O) groups excluding carboxylic acids is 1. The summed E-state index contributed by atoms with van der Waals surface area (Å²) in [7, 11) is 0. The molecule has 0 atom stereocenters. The molecule has 2 aromatic rings. The van der Waals surface area contributed by atoms with Gasteiger partial charge in [0.1, 0.15) is 0 Å². The Morgan fingerprint density at radius 3 is 2.50 bits per heavy atom. The third-order valence-corrected chi connectivity index (χ3v) is 4.37. The van der Waals surface area contributed by atoms with E-state index in [1.807, 2.05) is 24.3 Å². The van der Waals surface area contributed by atoms with E-state index >= 15 is 0 Å². The van der Waals surface area contributed by atoms with Crippen LogP contribution in [0.15, 0.2) is 42.5 Å². The number of nitrogens with two attached hydrogens (primary N) is 1. The Labute approximate surface area is 137 Å². The molecule has 3 N–H and O–H groups in total. The highest BCUT2D eigenvalue weighted by atomic mass is 35.5. The lowest BCUT2D eigenvalue weighted by Gasteiger charge is -2.26. The molecular formula is C18H23ClN2O. The van der Waals surface area contributed by atoms with Crippen LogP contribution in [0.25, 0.3) is 10.8 Å². The van der Waals surface area contributed by atoms with Crippen molar-refractivity contribution < 1.29 is 4.79 Å². The number of benzene rings is 2. The third kappa shape index (κ3) is 3.99. The maximum absolute atomic E-state index is 12.3. The Hall–Kier alpha value is -1.58. The number of hydrogen-bond donors (Lipinski definition) is 2. The van der Waals surface area contributed by atoms with Crippen molar-refractivity contribution in [2.45, 2.75) is 44.2 Å². The Balaban J connectivity index is 0.00000176. The first kappa shape index (κ1) is 16.8. The summed E-state index contributed by atoms with van der Waals surface area (Å²) in [5.74, 6) is 0.117. The van der Waals surface area contributed by atoms with Crippen LogP contribution in [-0.2, 0) is 11.2 Å². The molecule has 3 nitrogen and oxygen atoms in total. The summed E-state index contributed by atoms with van der Waals surface area (Å²) < 4.78 is 0. The average Bonchev–Trinajstić information content (AvgIpc) is 2.50. The quantitative estimate of drug-likeness (QED) is 0.913. The van der Waals surface area contributed by atoms with Crippen molar-refractivity contribution in [1.82, 2.24) is 5.32 Å². The molecule has 1 fully saturated rings. The number of rotatable bonds is 3. The van der Waals surface area contributed by atoms with Crippen molar-refractivity contribution in [3.05, 3.63) is 48.0 Å². The predicted octanol–water partition coefficient (Wildman–Crippen LogP) is 3.19. The van der Waals surface area contributed by atoms with Gasteiger partial charge in [0.05, 0.1) is 6.42 Å². The van der Waals surface area contributed by atoms with E-state index in [1.54, 1.807) is 0 Å². The summed E-state index contributed by atoms with van der Waals surface area (Å²) in [5, 5.41) is 5.51. The monoisotopic (exact) mass is 318 g/mol. The third-order valence-electron chi connectivity index (χ3n) is 4.37. The van der Waals surface area contributed by atoms with Crippen LogP contribution in [0.1, 0.15) is 31.2 Å². The molecule has 0 unspecified atom stereocenters. The summed E-state index contributed by atoms with van der Waals surface area (Å²) in [6, 6.07) is 15.0. The SMILES string of the molecule is Cl.NC1CCC(NC(=O)Cc2cccc3ccccc23)CC1. The van der Waals surface area contributed by atoms with Gasteiger partial charge in [0.15, 0.2) is 0 Å². The van der Waals surface area contributed by atoms with Gasteiger partial charge in [-0.05, 0) is 42.0 Å². The molecule has 1 amide bonds. The second-order valence-corrected chi connectivity index (χ2v) is 5.99. The first-order valence-corrected chi connectivity index (χ1v) is 7.74. The van der Waals surface area contributed by atoms with Crippen molar-refractivity contribution in [2.75, 3.05) is 0 Å². The summed E-state index contributed by atoms with van der Waals surface area (Å²) in [4.78, 5) is 12.3. The van der Waals surface area contributed by atoms with Gasteiger partial charge in [-0.3, -0.25) is 4.79 Å². The standard InChI is InChI=1S/C18H22N2O.ClH/c19-15-8-10-16(11-9-15)20-18(21)12-14-6-3-5-13-4-1-2-7-17(13)14;/h1-7,15-16H,8-12,19H2,(H,20,21);1H. The van der Waals surface area contributed by atoms with Crippen LogP contribution >= 0.6 is 12.4 Å². The molecular weight excluding hydrogens is 296 g/mol. The van der Waals surface area contributed by atoms with Crippen LogP contribution in [-0.4, -0.2) is 18.0 Å². The van der Waals surface area contributed by atoms with Crippen LogP contribution < -0.4 is 11.1 Å². The van der Waals surface area contributed by atoms with E-state index in [2.05, 4.69) is 23.5 Å². The number of hydrogen-bond acceptors (Lipinski definition) is 2. The zero-order valence-electron chi connectivity index (χ0n) is 12.6. The number of fused-ring (bicyclic) bond motifs is 1. The number of halogens is 1. The van der Waals surface area contributed by atoms with E-state index in [1.165, 1.54) is 10.8 Å². The van der Waals surface area contributed by atoms with E-state index in [9.17, 15) is 4.79 Å². The summed E-state index contributed by atoms with van der Waals surface area (Å²) in [6.07, 6.45) is 4.48. The second kappa shape index (κ2) is 7.61. The van der Waals surface area contributed by atoms with Crippen LogP contribution in [0.3, 0.4) is 0 Å². The van der Waals surface area contributed by atoms with Gasteiger partial charge in [-0.1, -0.05) is 42.5 Å². The summed E-state index contributed by atoms with van der Waals surface area (Å²) in [6.45, 7) is 0. The predicted molar refractivity (Wildman–Crippen MR) is 93.3 cm³/mol. The zero-order chi connectivity index (χ0) is 14.7. The highest BCUT2D eigenvalue weighted by Crippen LogP contribution is 2.20. The van der Waals surface area contributed by atoms with Crippen molar-refractivity contribution in [1.29, 1.82) is 0 Å². The molecule has 0 aromatic heterocycles. The molecule has 4 heteroatoms. The molecule has 1 saturated carbocycles. The minimum Gasteiger partial charge on any atom is -0.353 e. The Bertz CT molecular complexity index is 631. The highest BCUT2D eigenvalue weighted by Gasteiger charge is 2.20. The molecule has 1 aliphatic carbocycles. The normalized spacial score (nSPS) is 21.1. The minimum absolute atomic E-state index is 0. The molecule has 118 valence electrons. The topological polar surface area (TPSA) is 55.1 Å². The number of amides is 1. The summed E-state index contributed by atoms with van der Waals surface area (Å²) in [5.41, 5.74) is 7.00. The van der Waals surface area contributed by atoms with Crippen LogP contribution in [0, 0.1) is 0 Å². The molecule has 1 aliphatic rings. The molecule has 0 radical (unpaired) electrons. The van der Waals surface area contributed by atoms with Gasteiger partial charge in [0.2, 0.25) is 5.91 Å². The largest absolute Gasteiger partial charge is 0.353 e. The van der Waals surface area contributed by atoms with Crippen LogP contribution in [0.5, 0.6) is 0 Å². The summed E-state index contributed by atoms with van der Waals surface area (Å²) >= 11 is 0. The Morgan fingerprint density at radius 2 is 1.73 bits per heavy atom. The fraction of sp³-hybridized carbons (Fsp3) is 0.389. The lowest BCUT2D eigenvalue weighted by Crippen LogP contribution is -2.41. The smallest absolute Gasteiger partial charge is 0.224 e. The first-order valence-electron chi connectivity index (χ1n) is 7.74. The van der Waals surface area contributed by atoms with E-state index < -0.39 is 0 Å². The maximum Gasteiger partial charge on any atom is 0.224 e. The van der Waals surface area contributed by atoms with Gasteiger partial charge in [0, 0.05) is 12.1 Å². The van der Waals surface area contributed by atoms with E-state index in [0.29, 0.717) is 18.5 Å². The average molecular weight is 319 g/mol. The van der Waals surface area contributed by atoms with Crippen molar-refractivity contribution in [2.24, 2.45) is 5.73 Å². The van der Waals surface area contributed by atoms with E-state index in [4.69, 9.17) is 5.73 Å². The molecule has 0 saturated heterocycles. The molecule has 0 heterocycles. The molecule has 0 spiro atoms. The van der Waals surface area contributed by atoms with E-state index in [0.717, 1.165) is 31.2 Å². The second-order valence-electron chi connectivity index (χ2n) is 5.99. The molecule has 0 bridgehead atoms. The van der Waals surface area contributed by atoms with Gasteiger partial charge < -0.3 is 11.1 Å². The molecule has 2 aromatic carbocycles. The van der Waals surface area contributed by atoms with Crippen LogP contribution in [0.4, 0.5) is 0 Å². The Morgan fingerprint density at radius 1 is 1.05 bits per heavy atom. The number of carbonyl (C=O) groups is 1. The van der Waals surface area contributed by atoms with Gasteiger partial charge in [0.25, 0.3) is 0 Å². The zero-order valence-corrected chi connectivity index (χ0v) is 13.4. The lowest BCUT2D eigenvalue weighted by molar-refractivity contribution is -0.121. The minimum atomic E-state index is 0. The molecule has 22 heavy (non-hydrogen) atoms. The fourth-order valence-electron chi connectivity index (χ4n) is 3.16. The number of nitrogens with one attached hydrogen (secondary N) is 1. The first-order chi connectivity index (χ1) is 10.2. The fourth-order valence-corrected chi connectivity index (χ4v) is 3.16. The van der Waals surface area contributed by atoms with Crippen LogP contribution in [0.2, 0.25) is 0 Å². The van der Waals surface area contributed by atoms with Gasteiger partial charge in [-0.2, -0.15) is 0 Å². The van der Waals surface area contributed by atoms with E-state index in [-0.39, 0.29) is 18.3 Å². The van der Waals surface area contributed by atoms with Crippen molar-refractivity contribution in [3.63, 3.8) is 0 Å². The highest BCUT2D eigenvalue weighted by molar-refractivity contribution is 5.90. The van der Waals surface area contributed by atoms with Gasteiger partial charge >= 0.3 is 0 Å². The maximum atomic E-state index is 12.3. The molecule has 0 aliphatic heterocycles. The Kier molecular flexibility index (Phi) is 5.81. The van der Waals surface area contributed by atoms with Gasteiger partial charge in [-0.15, -0.1) is 12.4 Å². The van der Waals surface area contributed by atoms with Crippen molar-refractivity contribution >= 4 is 29.1 Å². The lowest BCUT2D eigenvalue weighted by atomic mass is 9.91. The van der Waals surface area contributed by atoms with Gasteiger partial charge in [-0.25, -0.2) is 0 Å². The van der Waals surface area contributed by atoms with Crippen molar-refractivity contribution in [3.8, 4) is 0 Å². The molecule has 3 rings (SSSR count).